The molecule has 2 heterocycles. The summed E-state index contributed by atoms with van der Waals surface area (Å²) in [6.07, 6.45) is 2.96. The number of carbonyl (C=O) groups is 2. The Morgan fingerprint density at radius 3 is 2.50 bits per heavy atom. The first-order chi connectivity index (χ1) is 14.6. The minimum atomic E-state index is -0.364. The number of halogens is 1. The fraction of sp³-hybridized carbons (Fsp3) is 0.227. The minimum Gasteiger partial charge on any atom is -0.348 e. The zero-order chi connectivity index (χ0) is 20.9. The number of nitrogens with one attached hydrogen (secondary N) is 2. The van der Waals surface area contributed by atoms with Gasteiger partial charge in [-0.05, 0) is 49.2 Å². The van der Waals surface area contributed by atoms with Crippen LogP contribution in [-0.2, 0) is 0 Å². The number of likely N-dealkylation sites (tertiary alicyclic amines) is 1. The molecule has 2 aromatic carbocycles. The molecule has 0 spiro atoms. The predicted octanol–water partition coefficient (Wildman–Crippen LogP) is 3.44. The molecule has 1 fully saturated rings. The van der Waals surface area contributed by atoms with E-state index in [-0.39, 0.29) is 29.5 Å². The number of nitrogens with zero attached hydrogens (tertiary/aromatic N) is 3. The van der Waals surface area contributed by atoms with E-state index in [0.29, 0.717) is 31.6 Å². The average Bonchev–Trinajstić information content (AvgIpc) is 3.25. The molecule has 1 aliphatic rings. The maximum atomic E-state index is 13.4. The molecule has 0 radical (unpaired) electrons. The Morgan fingerprint density at radius 1 is 1.00 bits per heavy atom. The lowest BCUT2D eigenvalue weighted by Gasteiger charge is -2.32. The van der Waals surface area contributed by atoms with Gasteiger partial charge in [-0.3, -0.25) is 4.79 Å². The Bertz CT molecular complexity index is 1030. The van der Waals surface area contributed by atoms with Gasteiger partial charge >= 0.3 is 6.03 Å². The van der Waals surface area contributed by atoms with Crippen LogP contribution < -0.4 is 10.6 Å². The van der Waals surface area contributed by atoms with Gasteiger partial charge in [0, 0.05) is 31.0 Å². The molecule has 30 heavy (non-hydrogen) atoms. The molecular formula is C22H22FN5O2. The second kappa shape index (κ2) is 8.77. The first-order valence-electron chi connectivity index (χ1n) is 9.82. The molecule has 3 amide bonds. The maximum absolute atomic E-state index is 13.4. The van der Waals surface area contributed by atoms with Crippen molar-refractivity contribution in [3.05, 3.63) is 78.4 Å². The van der Waals surface area contributed by atoms with E-state index < -0.39 is 0 Å². The van der Waals surface area contributed by atoms with Gasteiger partial charge in [0.2, 0.25) is 0 Å². The number of benzene rings is 2. The third-order valence-corrected chi connectivity index (χ3v) is 5.04. The Kier molecular flexibility index (Phi) is 5.74. The second-order valence-electron chi connectivity index (χ2n) is 7.16. The zero-order valence-corrected chi connectivity index (χ0v) is 16.3. The van der Waals surface area contributed by atoms with Crippen LogP contribution in [0.15, 0.2) is 66.9 Å². The number of amides is 3. The van der Waals surface area contributed by atoms with Crippen LogP contribution in [-0.4, -0.2) is 45.8 Å². The second-order valence-corrected chi connectivity index (χ2v) is 7.16. The van der Waals surface area contributed by atoms with E-state index in [1.54, 1.807) is 29.3 Å². The predicted molar refractivity (Wildman–Crippen MR) is 111 cm³/mol. The number of anilines is 1. The van der Waals surface area contributed by atoms with E-state index in [1.165, 1.54) is 16.8 Å². The molecule has 0 atom stereocenters. The smallest absolute Gasteiger partial charge is 0.321 e. The standard InChI is InChI=1S/C22H22FN5O2/c23-16-5-4-8-19(15-16)28-14-11-20(26-28)21(29)24-18-9-12-27(13-10-18)22(30)25-17-6-2-1-3-7-17/h1-8,11,14-15,18H,9-10,12-13H2,(H,24,29)(H,25,30). The summed E-state index contributed by atoms with van der Waals surface area (Å²) in [5, 5.41) is 10.1. The first-order valence-corrected chi connectivity index (χ1v) is 9.82. The van der Waals surface area contributed by atoms with E-state index in [4.69, 9.17) is 0 Å². The van der Waals surface area contributed by atoms with Crippen molar-refractivity contribution in [3.8, 4) is 5.69 Å². The number of hydrogen-bond donors (Lipinski definition) is 2. The van der Waals surface area contributed by atoms with Crippen molar-refractivity contribution in [2.75, 3.05) is 18.4 Å². The number of piperidine rings is 1. The topological polar surface area (TPSA) is 79.3 Å². The van der Waals surface area contributed by atoms with Gasteiger partial charge in [0.1, 0.15) is 5.82 Å². The van der Waals surface area contributed by atoms with Crippen molar-refractivity contribution >= 4 is 17.6 Å². The fourth-order valence-electron chi connectivity index (χ4n) is 3.42. The van der Waals surface area contributed by atoms with Gasteiger partial charge in [0.05, 0.1) is 5.69 Å². The summed E-state index contributed by atoms with van der Waals surface area (Å²) >= 11 is 0. The molecule has 154 valence electrons. The summed E-state index contributed by atoms with van der Waals surface area (Å²) in [6.45, 7) is 1.11. The van der Waals surface area contributed by atoms with E-state index in [2.05, 4.69) is 15.7 Å². The number of urea groups is 1. The Balaban J connectivity index is 1.29. The number of carbonyl (C=O) groups excluding carboxylic acids is 2. The molecule has 0 bridgehead atoms. The SMILES string of the molecule is O=C(NC1CCN(C(=O)Nc2ccccc2)CC1)c1ccn(-c2cccc(F)c2)n1. The van der Waals surface area contributed by atoms with Gasteiger partial charge in [-0.1, -0.05) is 24.3 Å². The lowest BCUT2D eigenvalue weighted by molar-refractivity contribution is 0.0913. The van der Waals surface area contributed by atoms with Gasteiger partial charge in [0.15, 0.2) is 5.69 Å². The fourth-order valence-corrected chi connectivity index (χ4v) is 3.42. The number of aromatic nitrogens is 2. The quantitative estimate of drug-likeness (QED) is 0.695. The van der Waals surface area contributed by atoms with Crippen molar-refractivity contribution in [1.29, 1.82) is 0 Å². The lowest BCUT2D eigenvalue weighted by atomic mass is 10.1. The van der Waals surface area contributed by atoms with E-state index >= 15 is 0 Å². The van der Waals surface area contributed by atoms with Crippen molar-refractivity contribution in [2.45, 2.75) is 18.9 Å². The molecule has 7 nitrogen and oxygen atoms in total. The summed E-state index contributed by atoms with van der Waals surface area (Å²) < 4.78 is 14.9. The van der Waals surface area contributed by atoms with E-state index in [9.17, 15) is 14.0 Å². The Hall–Kier alpha value is -3.68. The Labute approximate surface area is 173 Å². The number of hydrogen-bond acceptors (Lipinski definition) is 3. The van der Waals surface area contributed by atoms with Crippen LogP contribution in [0.2, 0.25) is 0 Å². The lowest BCUT2D eigenvalue weighted by Crippen LogP contribution is -2.47. The van der Waals surface area contributed by atoms with Crippen LogP contribution >= 0.6 is 0 Å². The molecule has 1 saturated heterocycles. The molecular weight excluding hydrogens is 385 g/mol. The number of rotatable bonds is 4. The summed E-state index contributed by atoms with van der Waals surface area (Å²) in [5.41, 5.74) is 1.57. The molecule has 2 N–H and O–H groups in total. The molecule has 0 unspecified atom stereocenters. The molecule has 4 rings (SSSR count). The Morgan fingerprint density at radius 2 is 1.77 bits per heavy atom. The first kappa shape index (κ1) is 19.6. The number of para-hydroxylation sites is 1. The van der Waals surface area contributed by atoms with Crippen LogP contribution in [0.4, 0.5) is 14.9 Å². The minimum absolute atomic E-state index is 0.0300. The van der Waals surface area contributed by atoms with Gasteiger partial charge in [-0.15, -0.1) is 0 Å². The molecule has 1 aromatic heterocycles. The molecule has 0 aliphatic carbocycles. The van der Waals surface area contributed by atoms with Gasteiger partial charge in [-0.25, -0.2) is 13.9 Å². The van der Waals surface area contributed by atoms with Gasteiger partial charge in [-0.2, -0.15) is 5.10 Å². The van der Waals surface area contributed by atoms with Crippen molar-refractivity contribution in [3.63, 3.8) is 0 Å². The van der Waals surface area contributed by atoms with Crippen LogP contribution in [0.5, 0.6) is 0 Å². The molecule has 3 aromatic rings. The maximum Gasteiger partial charge on any atom is 0.321 e. The molecule has 0 saturated carbocycles. The molecule has 1 aliphatic heterocycles. The van der Waals surface area contributed by atoms with Crippen LogP contribution in [0, 0.1) is 5.82 Å². The largest absolute Gasteiger partial charge is 0.348 e. The average molecular weight is 407 g/mol. The highest BCUT2D eigenvalue weighted by atomic mass is 19.1. The van der Waals surface area contributed by atoms with Crippen LogP contribution in [0.25, 0.3) is 5.69 Å². The summed E-state index contributed by atoms with van der Waals surface area (Å²) in [7, 11) is 0. The summed E-state index contributed by atoms with van der Waals surface area (Å²) in [6, 6.07) is 16.8. The summed E-state index contributed by atoms with van der Waals surface area (Å²) in [4.78, 5) is 26.6. The van der Waals surface area contributed by atoms with Crippen molar-refractivity contribution in [2.24, 2.45) is 0 Å². The van der Waals surface area contributed by atoms with Gasteiger partial charge in [0.25, 0.3) is 5.91 Å². The highest BCUT2D eigenvalue weighted by molar-refractivity contribution is 5.92. The summed E-state index contributed by atoms with van der Waals surface area (Å²) in [5.74, 6) is -0.644. The third kappa shape index (κ3) is 4.65. The van der Waals surface area contributed by atoms with Crippen molar-refractivity contribution in [1.82, 2.24) is 20.0 Å². The van der Waals surface area contributed by atoms with Crippen LogP contribution in [0.1, 0.15) is 23.3 Å². The zero-order valence-electron chi connectivity index (χ0n) is 16.3. The van der Waals surface area contributed by atoms with Crippen molar-refractivity contribution < 1.29 is 14.0 Å². The van der Waals surface area contributed by atoms with Gasteiger partial charge < -0.3 is 15.5 Å². The third-order valence-electron chi connectivity index (χ3n) is 5.04. The van der Waals surface area contributed by atoms with Crippen LogP contribution in [0.3, 0.4) is 0 Å². The monoisotopic (exact) mass is 407 g/mol. The normalized spacial score (nSPS) is 14.4. The highest BCUT2D eigenvalue weighted by Crippen LogP contribution is 2.14. The highest BCUT2D eigenvalue weighted by Gasteiger charge is 2.24. The van der Waals surface area contributed by atoms with E-state index in [0.717, 1.165) is 5.69 Å². The molecule has 8 heteroatoms. The van der Waals surface area contributed by atoms with E-state index in [1.807, 2.05) is 30.3 Å².